The van der Waals surface area contributed by atoms with E-state index >= 15 is 0 Å². The number of carboxylic acid groups (broad SMARTS) is 1. The second kappa shape index (κ2) is 4.92. The topological polar surface area (TPSA) is 59.4 Å². The normalized spacial score (nSPS) is 10.2. The average molecular weight is 179 g/mol. The molecule has 1 heterocycles. The molecule has 0 bridgehead atoms. The molecule has 0 amide bonds. The lowest BCUT2D eigenvalue weighted by atomic mass is 10.3. The first-order valence-corrected chi connectivity index (χ1v) is 3.72. The summed E-state index contributed by atoms with van der Waals surface area (Å²) in [5.74, 6) is 0. The van der Waals surface area contributed by atoms with Crippen LogP contribution in [0.25, 0.3) is 6.08 Å². The van der Waals surface area contributed by atoms with Gasteiger partial charge in [-0.05, 0) is 24.3 Å². The van der Waals surface area contributed by atoms with E-state index in [4.69, 9.17) is 5.11 Å². The van der Waals surface area contributed by atoms with Gasteiger partial charge in [0.05, 0.1) is 5.69 Å². The van der Waals surface area contributed by atoms with Crippen molar-refractivity contribution in [3.05, 3.63) is 36.2 Å². The van der Waals surface area contributed by atoms with Gasteiger partial charge in [0.2, 0.25) is 0 Å². The van der Waals surface area contributed by atoms with Crippen molar-refractivity contribution >= 4 is 12.2 Å². The van der Waals surface area contributed by atoms with Crippen molar-refractivity contribution in [1.29, 1.82) is 0 Å². The van der Waals surface area contributed by atoms with Crippen LogP contribution in [0.5, 0.6) is 0 Å². The van der Waals surface area contributed by atoms with Gasteiger partial charge < -0.3 is 9.84 Å². The summed E-state index contributed by atoms with van der Waals surface area (Å²) in [6, 6.07) is 5.48. The Labute approximate surface area is 75.5 Å². The molecule has 4 heteroatoms. The van der Waals surface area contributed by atoms with Crippen LogP contribution < -0.4 is 0 Å². The predicted octanol–water partition coefficient (Wildman–Crippen LogP) is 1.79. The second-order valence-corrected chi connectivity index (χ2v) is 2.23. The Kier molecular flexibility index (Phi) is 3.50. The van der Waals surface area contributed by atoms with Gasteiger partial charge in [0.25, 0.3) is 0 Å². The van der Waals surface area contributed by atoms with E-state index in [-0.39, 0.29) is 6.61 Å². The van der Waals surface area contributed by atoms with Gasteiger partial charge in [0.15, 0.2) is 0 Å². The van der Waals surface area contributed by atoms with Crippen LogP contribution in [0.3, 0.4) is 0 Å². The second-order valence-electron chi connectivity index (χ2n) is 2.23. The number of carbonyl (C=O) groups is 1. The maximum atomic E-state index is 9.94. The zero-order valence-corrected chi connectivity index (χ0v) is 6.88. The molecule has 0 saturated carbocycles. The molecule has 0 fully saturated rings. The minimum absolute atomic E-state index is 0.0475. The highest BCUT2D eigenvalue weighted by atomic mass is 16.7. The SMILES string of the molecule is O=C(O)OCC=Cc1ccccn1. The van der Waals surface area contributed by atoms with Gasteiger partial charge in [0.1, 0.15) is 6.61 Å². The van der Waals surface area contributed by atoms with Crippen LogP contribution in [0.4, 0.5) is 4.79 Å². The summed E-state index contributed by atoms with van der Waals surface area (Å²) in [6.45, 7) is 0.0475. The largest absolute Gasteiger partial charge is 0.506 e. The molecule has 68 valence electrons. The molecule has 0 spiro atoms. The molecule has 1 rings (SSSR count). The Morgan fingerprint density at radius 2 is 2.46 bits per heavy atom. The van der Waals surface area contributed by atoms with Crippen molar-refractivity contribution in [2.24, 2.45) is 0 Å². The Morgan fingerprint density at radius 1 is 1.62 bits per heavy atom. The van der Waals surface area contributed by atoms with Gasteiger partial charge in [-0.25, -0.2) is 4.79 Å². The number of hydrogen-bond acceptors (Lipinski definition) is 3. The van der Waals surface area contributed by atoms with E-state index in [1.807, 2.05) is 18.2 Å². The Morgan fingerprint density at radius 3 is 3.08 bits per heavy atom. The predicted molar refractivity (Wildman–Crippen MR) is 47.2 cm³/mol. The highest BCUT2D eigenvalue weighted by molar-refractivity contribution is 5.57. The monoisotopic (exact) mass is 179 g/mol. The summed E-state index contributed by atoms with van der Waals surface area (Å²) in [5.41, 5.74) is 0.775. The molecule has 0 saturated heterocycles. The Bertz CT molecular complexity index is 295. The molecular formula is C9H9NO3. The molecular weight excluding hydrogens is 170 g/mol. The molecule has 0 unspecified atom stereocenters. The van der Waals surface area contributed by atoms with Gasteiger partial charge in [0, 0.05) is 6.20 Å². The third-order valence-electron chi connectivity index (χ3n) is 1.28. The van der Waals surface area contributed by atoms with Crippen molar-refractivity contribution in [2.45, 2.75) is 0 Å². The maximum Gasteiger partial charge on any atom is 0.506 e. The molecule has 0 aliphatic heterocycles. The van der Waals surface area contributed by atoms with Crippen LogP contribution >= 0.6 is 0 Å². The lowest BCUT2D eigenvalue weighted by molar-refractivity contribution is 0.102. The van der Waals surface area contributed by atoms with E-state index in [0.29, 0.717) is 0 Å². The zero-order chi connectivity index (χ0) is 9.52. The fourth-order valence-corrected chi connectivity index (χ4v) is 0.763. The summed E-state index contributed by atoms with van der Waals surface area (Å²) in [7, 11) is 0. The van der Waals surface area contributed by atoms with Crippen molar-refractivity contribution in [3.63, 3.8) is 0 Å². The van der Waals surface area contributed by atoms with Crippen LogP contribution in [0.2, 0.25) is 0 Å². The van der Waals surface area contributed by atoms with Crippen LogP contribution in [0.1, 0.15) is 5.69 Å². The fraction of sp³-hybridized carbons (Fsp3) is 0.111. The first-order chi connectivity index (χ1) is 6.29. The third kappa shape index (κ3) is 3.91. The first-order valence-electron chi connectivity index (χ1n) is 3.72. The number of hydrogen-bond donors (Lipinski definition) is 1. The quantitative estimate of drug-likeness (QED) is 0.718. The Balaban J connectivity index is 2.37. The average Bonchev–Trinajstić information content (AvgIpc) is 2.14. The summed E-state index contributed by atoms with van der Waals surface area (Å²) in [6.07, 6.45) is 3.68. The first kappa shape index (κ1) is 9.25. The lowest BCUT2D eigenvalue weighted by Crippen LogP contribution is -1.98. The summed E-state index contributed by atoms with van der Waals surface area (Å²) in [5, 5.41) is 8.14. The molecule has 0 aliphatic carbocycles. The van der Waals surface area contributed by atoms with Crippen LogP contribution in [-0.4, -0.2) is 22.9 Å². The minimum Gasteiger partial charge on any atom is -0.450 e. The van der Waals surface area contributed by atoms with Crippen LogP contribution in [0.15, 0.2) is 30.5 Å². The fourth-order valence-electron chi connectivity index (χ4n) is 0.763. The molecule has 1 N–H and O–H groups in total. The third-order valence-corrected chi connectivity index (χ3v) is 1.28. The van der Waals surface area contributed by atoms with E-state index in [1.165, 1.54) is 0 Å². The molecule has 1 aromatic rings. The number of rotatable bonds is 3. The summed E-state index contributed by atoms with van der Waals surface area (Å²) in [4.78, 5) is 13.9. The number of ether oxygens (including phenoxy) is 1. The molecule has 0 aliphatic rings. The van der Waals surface area contributed by atoms with Crippen molar-refractivity contribution in [1.82, 2.24) is 4.98 Å². The van der Waals surface area contributed by atoms with Crippen LogP contribution in [0, 0.1) is 0 Å². The minimum atomic E-state index is -1.27. The van der Waals surface area contributed by atoms with Crippen molar-refractivity contribution < 1.29 is 14.6 Å². The van der Waals surface area contributed by atoms with Gasteiger partial charge in [-0.15, -0.1) is 0 Å². The van der Waals surface area contributed by atoms with Gasteiger partial charge in [-0.3, -0.25) is 4.98 Å². The van der Waals surface area contributed by atoms with E-state index in [0.717, 1.165) is 5.69 Å². The number of pyridine rings is 1. The van der Waals surface area contributed by atoms with E-state index < -0.39 is 6.16 Å². The molecule has 4 nitrogen and oxygen atoms in total. The van der Waals surface area contributed by atoms with E-state index in [9.17, 15) is 4.79 Å². The van der Waals surface area contributed by atoms with Crippen molar-refractivity contribution in [2.75, 3.05) is 6.61 Å². The summed E-state index contributed by atoms with van der Waals surface area (Å²) >= 11 is 0. The highest BCUT2D eigenvalue weighted by Crippen LogP contribution is 1.95. The number of aromatic nitrogens is 1. The van der Waals surface area contributed by atoms with Crippen molar-refractivity contribution in [3.8, 4) is 0 Å². The Hall–Kier alpha value is -1.84. The molecule has 0 aromatic carbocycles. The highest BCUT2D eigenvalue weighted by Gasteiger charge is 1.90. The zero-order valence-electron chi connectivity index (χ0n) is 6.88. The van der Waals surface area contributed by atoms with E-state index in [1.54, 1.807) is 18.3 Å². The van der Waals surface area contributed by atoms with Gasteiger partial charge >= 0.3 is 6.16 Å². The smallest absolute Gasteiger partial charge is 0.450 e. The maximum absolute atomic E-state index is 9.94. The summed E-state index contributed by atoms with van der Waals surface area (Å²) < 4.78 is 4.27. The lowest BCUT2D eigenvalue weighted by Gasteiger charge is -1.93. The van der Waals surface area contributed by atoms with Gasteiger partial charge in [-0.2, -0.15) is 0 Å². The molecule has 1 aromatic heterocycles. The molecule has 13 heavy (non-hydrogen) atoms. The molecule has 0 atom stereocenters. The number of nitrogens with zero attached hydrogens (tertiary/aromatic N) is 1. The molecule has 0 radical (unpaired) electrons. The standard InChI is InChI=1S/C9H9NO3/c11-9(12)13-7-3-5-8-4-1-2-6-10-8/h1-6H,7H2,(H,11,12). The van der Waals surface area contributed by atoms with E-state index in [2.05, 4.69) is 9.72 Å². The van der Waals surface area contributed by atoms with Gasteiger partial charge in [-0.1, -0.05) is 6.07 Å². The van der Waals surface area contributed by atoms with Crippen LogP contribution in [-0.2, 0) is 4.74 Å².